The predicted octanol–water partition coefficient (Wildman–Crippen LogP) is 3.90. The molecule has 0 bridgehead atoms. The molecule has 0 saturated carbocycles. The standard InChI is InChI=1S/C18H31NO4S/c1-13-11-15(23-8)16(12-14(13)22-7)24(20,21)19-18(5,6)10-9-17(2,3)4/h11-12,19H,9-10H2,1-8H3. The highest BCUT2D eigenvalue weighted by Gasteiger charge is 2.30. The summed E-state index contributed by atoms with van der Waals surface area (Å²) in [6.07, 6.45) is 1.65. The molecule has 6 heteroatoms. The van der Waals surface area contributed by atoms with E-state index in [1.54, 1.807) is 6.07 Å². The number of methoxy groups -OCH3 is 2. The Morgan fingerprint density at radius 3 is 1.96 bits per heavy atom. The van der Waals surface area contributed by atoms with Gasteiger partial charge in [0.15, 0.2) is 0 Å². The topological polar surface area (TPSA) is 64.6 Å². The summed E-state index contributed by atoms with van der Waals surface area (Å²) >= 11 is 0. The molecule has 1 N–H and O–H groups in total. The van der Waals surface area contributed by atoms with Crippen LogP contribution in [-0.2, 0) is 10.0 Å². The van der Waals surface area contributed by atoms with E-state index in [4.69, 9.17) is 9.47 Å². The van der Waals surface area contributed by atoms with Crippen LogP contribution >= 0.6 is 0 Å². The Hall–Kier alpha value is -1.27. The Labute approximate surface area is 146 Å². The third kappa shape index (κ3) is 5.67. The van der Waals surface area contributed by atoms with Gasteiger partial charge in [-0.1, -0.05) is 20.8 Å². The number of ether oxygens (including phenoxy) is 2. The molecule has 138 valence electrons. The molecule has 0 spiro atoms. The lowest BCUT2D eigenvalue weighted by Gasteiger charge is -2.30. The first-order valence-corrected chi connectivity index (χ1v) is 9.56. The van der Waals surface area contributed by atoms with Crippen LogP contribution < -0.4 is 14.2 Å². The summed E-state index contributed by atoms with van der Waals surface area (Å²) in [6, 6.07) is 3.19. The van der Waals surface area contributed by atoms with Crippen LogP contribution in [0.25, 0.3) is 0 Å². The van der Waals surface area contributed by atoms with Crippen LogP contribution in [0.4, 0.5) is 0 Å². The van der Waals surface area contributed by atoms with E-state index in [0.29, 0.717) is 11.5 Å². The summed E-state index contributed by atoms with van der Waals surface area (Å²) in [5.41, 5.74) is 0.406. The highest BCUT2D eigenvalue weighted by molar-refractivity contribution is 7.89. The molecule has 0 saturated heterocycles. The number of hydrogen-bond acceptors (Lipinski definition) is 4. The highest BCUT2D eigenvalue weighted by Crippen LogP contribution is 2.33. The molecule has 1 rings (SSSR count). The summed E-state index contributed by atoms with van der Waals surface area (Å²) in [5, 5.41) is 0. The van der Waals surface area contributed by atoms with Crippen LogP contribution in [-0.4, -0.2) is 28.2 Å². The molecule has 0 aromatic heterocycles. The Bertz CT molecular complexity index is 673. The number of hydrogen-bond donors (Lipinski definition) is 1. The summed E-state index contributed by atoms with van der Waals surface area (Å²) in [7, 11) is -0.750. The van der Waals surface area contributed by atoms with Crippen LogP contribution in [0.2, 0.25) is 0 Å². The first-order chi connectivity index (χ1) is 10.8. The van der Waals surface area contributed by atoms with E-state index in [2.05, 4.69) is 25.5 Å². The molecule has 0 radical (unpaired) electrons. The molecule has 0 aliphatic carbocycles. The minimum absolute atomic E-state index is 0.0938. The molecule has 0 fully saturated rings. The first-order valence-electron chi connectivity index (χ1n) is 8.08. The van der Waals surface area contributed by atoms with Gasteiger partial charge in [-0.2, -0.15) is 0 Å². The van der Waals surface area contributed by atoms with Gasteiger partial charge in [0.1, 0.15) is 16.4 Å². The van der Waals surface area contributed by atoms with Gasteiger partial charge in [-0.3, -0.25) is 0 Å². The molecule has 0 amide bonds. The Balaban J connectivity index is 3.16. The molecule has 5 nitrogen and oxygen atoms in total. The minimum Gasteiger partial charge on any atom is -0.496 e. The zero-order valence-electron chi connectivity index (χ0n) is 16.1. The molecule has 0 aliphatic heterocycles. The highest BCUT2D eigenvalue weighted by atomic mass is 32.2. The number of aryl methyl sites for hydroxylation is 1. The third-order valence-corrected chi connectivity index (χ3v) is 5.60. The van der Waals surface area contributed by atoms with Crippen molar-refractivity contribution in [2.45, 2.75) is 64.8 Å². The molecular formula is C18H31NO4S. The second kappa shape index (κ2) is 7.31. The van der Waals surface area contributed by atoms with E-state index in [0.717, 1.165) is 18.4 Å². The van der Waals surface area contributed by atoms with Crippen LogP contribution in [0.15, 0.2) is 17.0 Å². The van der Waals surface area contributed by atoms with Gasteiger partial charge < -0.3 is 9.47 Å². The van der Waals surface area contributed by atoms with E-state index in [-0.39, 0.29) is 10.3 Å². The smallest absolute Gasteiger partial charge is 0.244 e. The first kappa shape index (κ1) is 20.8. The van der Waals surface area contributed by atoms with Crippen molar-refractivity contribution in [1.82, 2.24) is 4.72 Å². The lowest BCUT2D eigenvalue weighted by Crippen LogP contribution is -2.43. The van der Waals surface area contributed by atoms with Gasteiger partial charge in [0.25, 0.3) is 0 Å². The van der Waals surface area contributed by atoms with Crippen molar-refractivity contribution in [2.24, 2.45) is 5.41 Å². The zero-order chi connectivity index (χ0) is 18.8. The summed E-state index contributed by atoms with van der Waals surface area (Å²) in [6.45, 7) is 12.1. The fourth-order valence-corrected chi connectivity index (χ4v) is 4.00. The largest absolute Gasteiger partial charge is 0.496 e. The molecule has 1 aromatic rings. The van der Waals surface area contributed by atoms with Crippen molar-refractivity contribution in [3.8, 4) is 11.5 Å². The van der Waals surface area contributed by atoms with E-state index in [9.17, 15) is 8.42 Å². The second-order valence-corrected chi connectivity index (χ2v) is 9.67. The molecular weight excluding hydrogens is 326 g/mol. The molecule has 0 heterocycles. The zero-order valence-corrected chi connectivity index (χ0v) is 16.9. The maximum absolute atomic E-state index is 12.9. The van der Waals surface area contributed by atoms with Gasteiger partial charge in [-0.15, -0.1) is 0 Å². The van der Waals surface area contributed by atoms with Crippen molar-refractivity contribution in [2.75, 3.05) is 14.2 Å². The monoisotopic (exact) mass is 357 g/mol. The maximum atomic E-state index is 12.9. The second-order valence-electron chi connectivity index (χ2n) is 8.02. The number of rotatable bonds is 7. The van der Waals surface area contributed by atoms with Crippen molar-refractivity contribution in [3.63, 3.8) is 0 Å². The Morgan fingerprint density at radius 1 is 0.958 bits per heavy atom. The summed E-state index contributed by atoms with van der Waals surface area (Å²) < 4.78 is 39.1. The van der Waals surface area contributed by atoms with Crippen molar-refractivity contribution >= 4 is 10.0 Å². The third-order valence-electron chi connectivity index (χ3n) is 3.88. The van der Waals surface area contributed by atoms with Gasteiger partial charge in [0, 0.05) is 11.6 Å². The molecule has 0 aliphatic rings. The Morgan fingerprint density at radius 2 is 1.50 bits per heavy atom. The average molecular weight is 358 g/mol. The fraction of sp³-hybridized carbons (Fsp3) is 0.667. The van der Waals surface area contributed by atoms with Gasteiger partial charge in [0.05, 0.1) is 14.2 Å². The van der Waals surface area contributed by atoms with Crippen molar-refractivity contribution in [3.05, 3.63) is 17.7 Å². The normalized spacial score (nSPS) is 13.0. The molecule has 0 atom stereocenters. The van der Waals surface area contributed by atoms with Crippen LogP contribution in [0.1, 0.15) is 53.0 Å². The average Bonchev–Trinajstić information content (AvgIpc) is 2.43. The van der Waals surface area contributed by atoms with Crippen LogP contribution in [0, 0.1) is 12.3 Å². The van der Waals surface area contributed by atoms with Crippen molar-refractivity contribution < 1.29 is 17.9 Å². The Kier molecular flexibility index (Phi) is 6.33. The van der Waals surface area contributed by atoms with E-state index >= 15 is 0 Å². The van der Waals surface area contributed by atoms with Gasteiger partial charge in [-0.25, -0.2) is 13.1 Å². The van der Waals surface area contributed by atoms with E-state index in [1.807, 2.05) is 20.8 Å². The quantitative estimate of drug-likeness (QED) is 0.804. The van der Waals surface area contributed by atoms with Gasteiger partial charge in [-0.05, 0) is 50.7 Å². The van der Waals surface area contributed by atoms with Gasteiger partial charge >= 0.3 is 0 Å². The lowest BCUT2D eigenvalue weighted by atomic mass is 9.85. The van der Waals surface area contributed by atoms with E-state index in [1.165, 1.54) is 20.3 Å². The van der Waals surface area contributed by atoms with E-state index < -0.39 is 15.6 Å². The SMILES string of the molecule is COc1cc(S(=O)(=O)NC(C)(C)CCC(C)(C)C)c(OC)cc1C. The minimum atomic E-state index is -3.73. The van der Waals surface area contributed by atoms with Crippen LogP contribution in [0.3, 0.4) is 0 Å². The lowest BCUT2D eigenvalue weighted by molar-refractivity contribution is 0.302. The molecule has 0 unspecified atom stereocenters. The maximum Gasteiger partial charge on any atom is 0.244 e. The fourth-order valence-electron chi connectivity index (χ4n) is 2.39. The molecule has 1 aromatic carbocycles. The van der Waals surface area contributed by atoms with Crippen LogP contribution in [0.5, 0.6) is 11.5 Å². The van der Waals surface area contributed by atoms with Crippen molar-refractivity contribution in [1.29, 1.82) is 0 Å². The summed E-state index contributed by atoms with van der Waals surface area (Å²) in [5.74, 6) is 0.830. The number of benzene rings is 1. The molecule has 24 heavy (non-hydrogen) atoms. The summed E-state index contributed by atoms with van der Waals surface area (Å²) in [4.78, 5) is 0.0938. The number of nitrogens with one attached hydrogen (secondary N) is 1. The van der Waals surface area contributed by atoms with Gasteiger partial charge in [0.2, 0.25) is 10.0 Å². The number of sulfonamides is 1. The predicted molar refractivity (Wildman–Crippen MR) is 97.4 cm³/mol.